The first-order valence-electron chi connectivity index (χ1n) is 7.78. The van der Waals surface area contributed by atoms with E-state index in [0.29, 0.717) is 29.2 Å². The van der Waals surface area contributed by atoms with E-state index in [4.69, 9.17) is 17.3 Å². The quantitative estimate of drug-likeness (QED) is 0.825. The number of carbonyl (C=O) groups is 1. The third kappa shape index (κ3) is 2.72. The fraction of sp³-hybridized carbons (Fsp3) is 0.467. The minimum absolute atomic E-state index is 0.0550. The van der Waals surface area contributed by atoms with Crippen molar-refractivity contribution >= 4 is 50.5 Å². The molecule has 2 atom stereocenters. The Balaban J connectivity index is 1.65. The normalized spacial score (nSPS) is 23.5. The number of halogens is 1. The van der Waals surface area contributed by atoms with E-state index in [1.165, 1.54) is 11.3 Å². The Bertz CT molecular complexity index is 777. The number of carboxylic acid groups (broad SMARTS) is 1. The number of thiophene rings is 1. The highest BCUT2D eigenvalue weighted by molar-refractivity contribution is 7.20. The molecule has 0 bridgehead atoms. The van der Waals surface area contributed by atoms with Gasteiger partial charge in [0.1, 0.15) is 10.7 Å². The Kier molecular flexibility index (Phi) is 4.06. The molecule has 2 aliphatic heterocycles. The maximum absolute atomic E-state index is 11.5. The van der Waals surface area contributed by atoms with Gasteiger partial charge in [-0.3, -0.25) is 0 Å². The fourth-order valence-corrected chi connectivity index (χ4v) is 5.72. The first-order valence-corrected chi connectivity index (χ1v) is 9.85. The van der Waals surface area contributed by atoms with Crippen molar-refractivity contribution in [2.45, 2.75) is 18.9 Å². The topological polar surface area (TPSA) is 82.7 Å². The molecular weight excluding hydrogens is 368 g/mol. The van der Waals surface area contributed by atoms with E-state index >= 15 is 0 Å². The molecule has 6 nitrogen and oxygen atoms in total. The lowest BCUT2D eigenvalue weighted by atomic mass is 9.92. The monoisotopic (exact) mass is 384 g/mol. The Morgan fingerprint density at radius 2 is 2.29 bits per heavy atom. The van der Waals surface area contributed by atoms with Crippen LogP contribution in [0.25, 0.3) is 10.6 Å². The lowest BCUT2D eigenvalue weighted by molar-refractivity contribution is 0.0965. The molecule has 0 radical (unpaired) electrons. The molecule has 2 unspecified atom stereocenters. The Morgan fingerprint density at radius 1 is 1.46 bits per heavy atom. The maximum atomic E-state index is 11.5. The van der Waals surface area contributed by atoms with Crippen LogP contribution in [0, 0.1) is 5.92 Å². The number of nitrogen functional groups attached to an aromatic ring is 1. The average Bonchev–Trinajstić information content (AvgIpc) is 3.23. The van der Waals surface area contributed by atoms with Crippen LogP contribution in [0.15, 0.2) is 11.4 Å². The van der Waals surface area contributed by atoms with Gasteiger partial charge >= 0.3 is 6.09 Å². The van der Waals surface area contributed by atoms with Gasteiger partial charge in [-0.1, -0.05) is 22.9 Å². The van der Waals surface area contributed by atoms with Crippen molar-refractivity contribution < 1.29 is 9.90 Å². The summed E-state index contributed by atoms with van der Waals surface area (Å²) in [6, 6.07) is 1.95. The zero-order chi connectivity index (χ0) is 16.8. The number of hydrogen-bond acceptors (Lipinski definition) is 6. The Hall–Kier alpha value is -1.51. The van der Waals surface area contributed by atoms with Crippen molar-refractivity contribution in [2.24, 2.45) is 5.92 Å². The smallest absolute Gasteiger partial charge is 0.407 e. The van der Waals surface area contributed by atoms with Crippen LogP contribution in [0.4, 0.5) is 14.9 Å². The van der Waals surface area contributed by atoms with Gasteiger partial charge in [0.25, 0.3) is 0 Å². The number of hydrogen-bond donors (Lipinski definition) is 2. The fourth-order valence-electron chi connectivity index (χ4n) is 3.72. The summed E-state index contributed by atoms with van der Waals surface area (Å²) in [5.74, 6) is 0.373. The van der Waals surface area contributed by atoms with Crippen LogP contribution >= 0.6 is 34.3 Å². The number of rotatable bonds is 2. The van der Waals surface area contributed by atoms with Crippen LogP contribution in [-0.2, 0) is 0 Å². The van der Waals surface area contributed by atoms with Crippen LogP contribution in [0.1, 0.15) is 12.8 Å². The summed E-state index contributed by atoms with van der Waals surface area (Å²) in [4.78, 5) is 20.8. The standard InChI is InChI=1S/C15H17ClN4O2S2/c16-9-4-11(23-7-9)12-13(24-14(17)18-12)19-5-8-2-1-3-20(15(21)22)10(8)6-19/h4,7-8,10H,1-3,5-6H2,(H2,17,18)(H,21,22). The highest BCUT2D eigenvalue weighted by atomic mass is 35.5. The van der Waals surface area contributed by atoms with E-state index in [9.17, 15) is 9.90 Å². The lowest BCUT2D eigenvalue weighted by Crippen LogP contribution is -2.47. The number of likely N-dealkylation sites (tertiary alicyclic amines) is 1. The van der Waals surface area contributed by atoms with E-state index in [0.717, 1.165) is 35.0 Å². The number of nitrogens with zero attached hydrogens (tertiary/aromatic N) is 3. The summed E-state index contributed by atoms with van der Waals surface area (Å²) >= 11 is 9.06. The molecule has 0 spiro atoms. The number of piperidine rings is 1. The summed E-state index contributed by atoms with van der Waals surface area (Å²) in [7, 11) is 0. The second kappa shape index (κ2) is 6.09. The SMILES string of the molecule is Nc1nc(-c2cc(Cl)cs2)c(N2CC3CCCN(C(=O)O)C3C2)s1. The van der Waals surface area contributed by atoms with Crippen LogP contribution in [0.3, 0.4) is 0 Å². The second-order valence-corrected chi connectivity index (χ2v) is 8.54. The van der Waals surface area contributed by atoms with Crippen molar-refractivity contribution in [1.29, 1.82) is 0 Å². The molecule has 0 saturated carbocycles. The summed E-state index contributed by atoms with van der Waals surface area (Å²) in [5.41, 5.74) is 6.82. The summed E-state index contributed by atoms with van der Waals surface area (Å²) in [6.07, 6.45) is 1.18. The van der Waals surface area contributed by atoms with E-state index in [2.05, 4.69) is 9.88 Å². The predicted octanol–water partition coefficient (Wildman–Crippen LogP) is 3.69. The van der Waals surface area contributed by atoms with Crippen molar-refractivity contribution in [2.75, 3.05) is 30.3 Å². The maximum Gasteiger partial charge on any atom is 0.407 e. The van der Waals surface area contributed by atoms with Gasteiger partial charge in [0.2, 0.25) is 0 Å². The average molecular weight is 385 g/mol. The van der Waals surface area contributed by atoms with Crippen LogP contribution < -0.4 is 10.6 Å². The van der Waals surface area contributed by atoms with Gasteiger partial charge in [0.05, 0.1) is 15.9 Å². The molecule has 2 aliphatic rings. The van der Waals surface area contributed by atoms with Crippen LogP contribution in [-0.4, -0.2) is 46.8 Å². The Labute approximate surface area is 152 Å². The number of aromatic nitrogens is 1. The van der Waals surface area contributed by atoms with Crippen molar-refractivity contribution in [3.8, 4) is 10.6 Å². The van der Waals surface area contributed by atoms with Crippen molar-refractivity contribution in [1.82, 2.24) is 9.88 Å². The van der Waals surface area contributed by atoms with Gasteiger partial charge in [-0.05, 0) is 24.8 Å². The molecule has 2 aromatic heterocycles. The number of nitrogens with two attached hydrogens (primary N) is 1. The zero-order valence-electron chi connectivity index (χ0n) is 12.8. The third-order valence-electron chi connectivity index (χ3n) is 4.74. The summed E-state index contributed by atoms with van der Waals surface area (Å²) in [6.45, 7) is 2.18. The van der Waals surface area contributed by atoms with E-state index in [1.807, 2.05) is 11.4 Å². The van der Waals surface area contributed by atoms with Gasteiger partial charge in [0, 0.05) is 25.0 Å². The molecule has 4 heterocycles. The zero-order valence-corrected chi connectivity index (χ0v) is 15.2. The molecule has 24 heavy (non-hydrogen) atoms. The van der Waals surface area contributed by atoms with Crippen molar-refractivity contribution in [3.05, 3.63) is 16.5 Å². The van der Waals surface area contributed by atoms with Crippen LogP contribution in [0.5, 0.6) is 0 Å². The van der Waals surface area contributed by atoms with Gasteiger partial charge in [0.15, 0.2) is 5.13 Å². The van der Waals surface area contributed by atoms with E-state index in [-0.39, 0.29) is 6.04 Å². The molecular formula is C15H17ClN4O2S2. The summed E-state index contributed by atoms with van der Waals surface area (Å²) < 4.78 is 0. The van der Waals surface area contributed by atoms with Crippen molar-refractivity contribution in [3.63, 3.8) is 0 Å². The van der Waals surface area contributed by atoms with Gasteiger partial charge in [-0.15, -0.1) is 11.3 Å². The molecule has 0 aliphatic carbocycles. The Morgan fingerprint density at radius 3 is 3.00 bits per heavy atom. The minimum atomic E-state index is -0.819. The molecule has 2 aromatic rings. The first-order chi connectivity index (χ1) is 11.5. The molecule has 9 heteroatoms. The van der Waals surface area contributed by atoms with Gasteiger partial charge in [-0.2, -0.15) is 0 Å². The number of anilines is 2. The predicted molar refractivity (Wildman–Crippen MR) is 98.3 cm³/mol. The van der Waals surface area contributed by atoms with Gasteiger partial charge < -0.3 is 20.6 Å². The molecule has 4 rings (SSSR count). The third-order valence-corrected chi connectivity index (χ3v) is 6.97. The number of fused-ring (bicyclic) bond motifs is 1. The molecule has 3 N–H and O–H groups in total. The highest BCUT2D eigenvalue weighted by Crippen LogP contribution is 2.44. The second-order valence-electron chi connectivity index (χ2n) is 6.19. The lowest BCUT2D eigenvalue weighted by Gasteiger charge is -2.34. The molecule has 2 fully saturated rings. The minimum Gasteiger partial charge on any atom is -0.465 e. The molecule has 0 aromatic carbocycles. The molecule has 2 saturated heterocycles. The number of thiazole rings is 1. The highest BCUT2D eigenvalue weighted by Gasteiger charge is 2.42. The van der Waals surface area contributed by atoms with Gasteiger partial charge in [-0.25, -0.2) is 9.78 Å². The largest absolute Gasteiger partial charge is 0.465 e. The van der Waals surface area contributed by atoms with E-state index in [1.54, 1.807) is 16.2 Å². The van der Waals surface area contributed by atoms with Crippen LogP contribution in [0.2, 0.25) is 5.02 Å². The summed E-state index contributed by atoms with van der Waals surface area (Å²) in [5, 5.41) is 13.6. The first kappa shape index (κ1) is 16.0. The molecule has 128 valence electrons. The number of amides is 1. The molecule has 1 amide bonds. The van der Waals surface area contributed by atoms with E-state index < -0.39 is 6.09 Å².